The van der Waals surface area contributed by atoms with Gasteiger partial charge < -0.3 is 15.2 Å². The second kappa shape index (κ2) is 11.2. The Labute approximate surface area is 146 Å². The first-order valence-corrected chi connectivity index (χ1v) is 8.22. The molecule has 0 aliphatic rings. The molecule has 0 saturated heterocycles. The molecule has 2 amide bonds. The van der Waals surface area contributed by atoms with Gasteiger partial charge in [-0.15, -0.1) is 0 Å². The van der Waals surface area contributed by atoms with Gasteiger partial charge in [-0.05, 0) is 12.8 Å². The molecule has 9 nitrogen and oxygen atoms in total. The van der Waals surface area contributed by atoms with Gasteiger partial charge in [0.1, 0.15) is 24.4 Å². The molecule has 0 unspecified atom stereocenters. The SMILES string of the molecule is CCCC(=O)CC(=O)OC(CC)(NC(N)=O)OC(=O)CC(=O)CCC. The Morgan fingerprint density at radius 2 is 1.24 bits per heavy atom. The van der Waals surface area contributed by atoms with Crippen molar-refractivity contribution in [1.29, 1.82) is 0 Å². The maximum absolute atomic E-state index is 11.9. The van der Waals surface area contributed by atoms with Crippen molar-refractivity contribution in [3.8, 4) is 0 Å². The summed E-state index contributed by atoms with van der Waals surface area (Å²) in [5, 5.41) is 2.05. The van der Waals surface area contributed by atoms with Crippen LogP contribution < -0.4 is 11.1 Å². The first-order valence-electron chi connectivity index (χ1n) is 8.22. The highest BCUT2D eigenvalue weighted by molar-refractivity contribution is 5.96. The summed E-state index contributed by atoms with van der Waals surface area (Å²) >= 11 is 0. The van der Waals surface area contributed by atoms with Gasteiger partial charge in [-0.2, -0.15) is 0 Å². The van der Waals surface area contributed by atoms with Crippen LogP contribution in [0.5, 0.6) is 0 Å². The first kappa shape index (κ1) is 22.6. The molecule has 9 heteroatoms. The minimum atomic E-state index is -2.15. The fraction of sp³-hybridized carbons (Fsp3) is 0.688. The van der Waals surface area contributed by atoms with E-state index in [1.807, 2.05) is 5.32 Å². The normalized spacial score (nSPS) is 10.7. The second-order valence-electron chi connectivity index (χ2n) is 5.47. The molecule has 0 aromatic carbocycles. The molecule has 25 heavy (non-hydrogen) atoms. The lowest BCUT2D eigenvalue weighted by Crippen LogP contribution is -2.56. The van der Waals surface area contributed by atoms with Crippen molar-refractivity contribution in [3.05, 3.63) is 0 Å². The Morgan fingerprint density at radius 3 is 1.52 bits per heavy atom. The van der Waals surface area contributed by atoms with Gasteiger partial charge in [0.2, 0.25) is 0 Å². The topological polar surface area (TPSA) is 142 Å². The van der Waals surface area contributed by atoms with Crippen LogP contribution in [0.3, 0.4) is 0 Å². The smallest absolute Gasteiger partial charge is 0.343 e. The third-order valence-electron chi connectivity index (χ3n) is 3.08. The van der Waals surface area contributed by atoms with Crippen LogP contribution >= 0.6 is 0 Å². The second-order valence-corrected chi connectivity index (χ2v) is 5.47. The molecular formula is C16H26N2O7. The fourth-order valence-electron chi connectivity index (χ4n) is 1.99. The molecule has 0 aromatic rings. The van der Waals surface area contributed by atoms with E-state index in [9.17, 15) is 24.0 Å². The number of primary amides is 1. The number of rotatable bonds is 12. The van der Waals surface area contributed by atoms with E-state index in [0.717, 1.165) is 0 Å². The highest BCUT2D eigenvalue weighted by atomic mass is 16.8. The molecule has 0 aliphatic heterocycles. The standard InChI is InChI=1S/C16H26N2O7/c1-4-7-11(19)9-13(21)24-16(6-3,18-15(17)23)25-14(22)10-12(20)8-5-2/h4-10H2,1-3H3,(H3,17,18,23). The molecule has 0 aliphatic carbocycles. The van der Waals surface area contributed by atoms with Gasteiger partial charge in [0.25, 0.3) is 0 Å². The average Bonchev–Trinajstić information content (AvgIpc) is 2.46. The van der Waals surface area contributed by atoms with Gasteiger partial charge in [-0.25, -0.2) is 4.79 Å². The summed E-state index contributed by atoms with van der Waals surface area (Å²) in [4.78, 5) is 58.0. The van der Waals surface area contributed by atoms with Crippen LogP contribution in [0.2, 0.25) is 0 Å². The van der Waals surface area contributed by atoms with Crippen molar-refractivity contribution < 1.29 is 33.4 Å². The number of carbonyl (C=O) groups is 5. The van der Waals surface area contributed by atoms with Gasteiger partial charge >= 0.3 is 23.9 Å². The maximum atomic E-state index is 11.9. The van der Waals surface area contributed by atoms with Gasteiger partial charge in [0.05, 0.1) is 0 Å². The summed E-state index contributed by atoms with van der Waals surface area (Å²) in [6.07, 6.45) is 0.325. The predicted octanol–water partition coefficient (Wildman–Crippen LogP) is 1.32. The van der Waals surface area contributed by atoms with E-state index in [1.165, 1.54) is 6.92 Å². The zero-order chi connectivity index (χ0) is 19.5. The number of esters is 2. The Hall–Kier alpha value is -2.45. The summed E-state index contributed by atoms with van der Waals surface area (Å²) in [5.74, 6) is -4.79. The molecule has 0 atom stereocenters. The quantitative estimate of drug-likeness (QED) is 0.304. The Morgan fingerprint density at radius 1 is 0.840 bits per heavy atom. The molecule has 0 rings (SSSR count). The van der Waals surface area contributed by atoms with Crippen molar-refractivity contribution in [2.24, 2.45) is 5.73 Å². The number of hydrogen-bond acceptors (Lipinski definition) is 7. The molecule has 142 valence electrons. The lowest BCUT2D eigenvalue weighted by atomic mass is 10.2. The van der Waals surface area contributed by atoms with E-state index in [0.29, 0.717) is 12.8 Å². The first-order chi connectivity index (χ1) is 11.7. The van der Waals surface area contributed by atoms with E-state index in [1.54, 1.807) is 13.8 Å². The monoisotopic (exact) mass is 358 g/mol. The predicted molar refractivity (Wildman–Crippen MR) is 87.0 cm³/mol. The summed E-state index contributed by atoms with van der Waals surface area (Å²) in [6.45, 7) is 5.03. The van der Waals surface area contributed by atoms with Crippen molar-refractivity contribution in [1.82, 2.24) is 5.32 Å². The van der Waals surface area contributed by atoms with Gasteiger partial charge in [0, 0.05) is 19.3 Å². The van der Waals surface area contributed by atoms with Crippen molar-refractivity contribution in [2.45, 2.75) is 71.6 Å². The third kappa shape index (κ3) is 9.43. The van der Waals surface area contributed by atoms with E-state index in [2.05, 4.69) is 0 Å². The highest BCUT2D eigenvalue weighted by Gasteiger charge is 2.39. The minimum Gasteiger partial charge on any atom is -0.403 e. The van der Waals surface area contributed by atoms with Crippen LogP contribution in [-0.2, 0) is 28.7 Å². The third-order valence-corrected chi connectivity index (χ3v) is 3.08. The Kier molecular flexibility index (Phi) is 10.1. The number of carbonyl (C=O) groups excluding carboxylic acids is 5. The maximum Gasteiger partial charge on any atom is 0.343 e. The molecule has 0 spiro atoms. The van der Waals surface area contributed by atoms with Crippen LogP contribution in [0.1, 0.15) is 65.7 Å². The number of ketones is 2. The van der Waals surface area contributed by atoms with Crippen LogP contribution in [0.15, 0.2) is 0 Å². The van der Waals surface area contributed by atoms with E-state index < -0.39 is 36.7 Å². The molecule has 0 heterocycles. The van der Waals surface area contributed by atoms with Crippen LogP contribution in [0.4, 0.5) is 4.79 Å². The van der Waals surface area contributed by atoms with Crippen LogP contribution in [0.25, 0.3) is 0 Å². The van der Waals surface area contributed by atoms with Gasteiger partial charge in [-0.3, -0.25) is 24.5 Å². The highest BCUT2D eigenvalue weighted by Crippen LogP contribution is 2.18. The molecule has 0 saturated carbocycles. The number of nitrogens with one attached hydrogen (secondary N) is 1. The zero-order valence-electron chi connectivity index (χ0n) is 14.9. The minimum absolute atomic E-state index is 0.155. The molecule has 0 fully saturated rings. The summed E-state index contributed by atoms with van der Waals surface area (Å²) in [6, 6.07) is -1.10. The summed E-state index contributed by atoms with van der Waals surface area (Å²) in [5.41, 5.74) is 5.04. The molecular weight excluding hydrogens is 332 g/mol. The zero-order valence-corrected chi connectivity index (χ0v) is 14.9. The van der Waals surface area contributed by atoms with Crippen molar-refractivity contribution in [3.63, 3.8) is 0 Å². The lowest BCUT2D eigenvalue weighted by Gasteiger charge is -2.31. The number of ether oxygens (including phenoxy) is 2. The van der Waals surface area contributed by atoms with Gasteiger partial charge in [-0.1, -0.05) is 20.8 Å². The number of hydrogen-bond donors (Lipinski definition) is 2. The van der Waals surface area contributed by atoms with Crippen molar-refractivity contribution >= 4 is 29.5 Å². The number of amides is 2. The lowest BCUT2D eigenvalue weighted by molar-refractivity contribution is -0.236. The Bertz CT molecular complexity index is 483. The fourth-order valence-corrected chi connectivity index (χ4v) is 1.99. The number of urea groups is 1. The largest absolute Gasteiger partial charge is 0.403 e. The number of nitrogens with two attached hydrogens (primary N) is 1. The molecule has 3 N–H and O–H groups in total. The summed E-state index contributed by atoms with van der Waals surface area (Å²) in [7, 11) is 0. The van der Waals surface area contributed by atoms with Crippen LogP contribution in [0, 0.1) is 0 Å². The van der Waals surface area contributed by atoms with E-state index in [-0.39, 0.29) is 30.8 Å². The summed E-state index contributed by atoms with van der Waals surface area (Å²) < 4.78 is 10.0. The molecule has 0 bridgehead atoms. The molecule has 0 aromatic heterocycles. The van der Waals surface area contributed by atoms with Crippen LogP contribution in [-0.4, -0.2) is 35.4 Å². The molecule has 0 radical (unpaired) electrons. The Balaban J connectivity index is 5.07. The average molecular weight is 358 g/mol. The van der Waals surface area contributed by atoms with Gasteiger partial charge in [0.15, 0.2) is 0 Å². The van der Waals surface area contributed by atoms with E-state index in [4.69, 9.17) is 15.2 Å². The van der Waals surface area contributed by atoms with Crippen molar-refractivity contribution in [2.75, 3.05) is 0 Å². The number of Topliss-reactive ketones (excluding diaryl/α,β-unsaturated/α-hetero) is 2. The van der Waals surface area contributed by atoms with E-state index >= 15 is 0 Å².